The van der Waals surface area contributed by atoms with Gasteiger partial charge in [0.2, 0.25) is 0 Å². The summed E-state index contributed by atoms with van der Waals surface area (Å²) >= 11 is 6.72. The summed E-state index contributed by atoms with van der Waals surface area (Å²) in [6, 6.07) is 5.54. The predicted octanol–water partition coefficient (Wildman–Crippen LogP) is 3.76. The molecule has 0 atom stereocenters. The lowest BCUT2D eigenvalue weighted by atomic mass is 10.2. The summed E-state index contributed by atoms with van der Waals surface area (Å²) in [6.45, 7) is 4.17. The number of benzene rings is 1. The number of amides is 1. The molecule has 0 aliphatic carbocycles. The van der Waals surface area contributed by atoms with Crippen LogP contribution in [-0.2, 0) is 4.74 Å². The molecule has 3 nitrogen and oxygen atoms in total. The van der Waals surface area contributed by atoms with Crippen molar-refractivity contribution in [2.45, 2.75) is 19.8 Å². The second-order valence-corrected chi connectivity index (χ2v) is 5.62. The maximum Gasteiger partial charge on any atom is 0.252 e. The molecule has 0 aliphatic rings. The van der Waals surface area contributed by atoms with Crippen molar-refractivity contribution in [3.63, 3.8) is 0 Å². The van der Waals surface area contributed by atoms with Crippen molar-refractivity contribution < 1.29 is 9.53 Å². The Labute approximate surface area is 125 Å². The van der Waals surface area contributed by atoms with Gasteiger partial charge in [-0.25, -0.2) is 0 Å². The van der Waals surface area contributed by atoms with E-state index >= 15 is 0 Å². The highest BCUT2D eigenvalue weighted by Gasteiger charge is 2.09. The molecule has 1 N–H and O–H groups in total. The summed E-state index contributed by atoms with van der Waals surface area (Å²) in [6.07, 6.45) is 1.86. The van der Waals surface area contributed by atoms with Gasteiger partial charge in [-0.15, -0.1) is 0 Å². The number of carbonyl (C=O) groups excluding carboxylic acids is 1. The zero-order valence-electron chi connectivity index (χ0n) is 10.3. The van der Waals surface area contributed by atoms with Gasteiger partial charge in [0.05, 0.1) is 5.56 Å². The Morgan fingerprint density at radius 3 is 2.83 bits per heavy atom. The first-order valence-electron chi connectivity index (χ1n) is 5.96. The zero-order valence-corrected chi connectivity index (χ0v) is 13.5. The van der Waals surface area contributed by atoms with Gasteiger partial charge < -0.3 is 10.1 Å². The number of carbonyl (C=O) groups is 1. The van der Waals surface area contributed by atoms with Gasteiger partial charge >= 0.3 is 0 Å². The van der Waals surface area contributed by atoms with Crippen LogP contribution < -0.4 is 5.32 Å². The van der Waals surface area contributed by atoms with Crippen LogP contribution in [0.2, 0.25) is 0 Å². The minimum Gasteiger partial charge on any atom is -0.381 e. The summed E-state index contributed by atoms with van der Waals surface area (Å²) in [4.78, 5) is 11.9. The van der Waals surface area contributed by atoms with E-state index in [2.05, 4.69) is 44.1 Å². The molecule has 1 aromatic rings. The van der Waals surface area contributed by atoms with E-state index in [9.17, 15) is 4.79 Å². The molecule has 1 rings (SSSR count). The fourth-order valence-corrected chi connectivity index (χ4v) is 2.18. The lowest BCUT2D eigenvalue weighted by molar-refractivity contribution is 0.0940. The van der Waals surface area contributed by atoms with Gasteiger partial charge in [-0.3, -0.25) is 4.79 Å². The molecule has 0 fully saturated rings. The first-order valence-corrected chi connectivity index (χ1v) is 7.54. The molecule has 5 heteroatoms. The minimum absolute atomic E-state index is 0.0707. The van der Waals surface area contributed by atoms with Crippen LogP contribution in [0.25, 0.3) is 0 Å². The number of nitrogens with one attached hydrogen (secondary N) is 1. The zero-order chi connectivity index (χ0) is 13.4. The average Bonchev–Trinajstić information content (AvgIpc) is 2.36. The Kier molecular flexibility index (Phi) is 7.54. The predicted molar refractivity (Wildman–Crippen MR) is 79.9 cm³/mol. The first-order chi connectivity index (χ1) is 8.65. The lowest BCUT2D eigenvalue weighted by Gasteiger charge is -2.07. The topological polar surface area (TPSA) is 38.3 Å². The molecule has 1 aromatic carbocycles. The van der Waals surface area contributed by atoms with Crippen molar-refractivity contribution in [2.24, 2.45) is 0 Å². The number of ether oxygens (including phenoxy) is 1. The van der Waals surface area contributed by atoms with E-state index in [0.717, 1.165) is 28.4 Å². The fourth-order valence-electron chi connectivity index (χ4n) is 1.39. The summed E-state index contributed by atoms with van der Waals surface area (Å²) in [7, 11) is 0. The van der Waals surface area contributed by atoms with Crippen LogP contribution in [0.4, 0.5) is 0 Å². The van der Waals surface area contributed by atoms with E-state index < -0.39 is 0 Å². The maximum absolute atomic E-state index is 11.9. The Balaban J connectivity index is 2.34. The van der Waals surface area contributed by atoms with Crippen molar-refractivity contribution in [3.05, 3.63) is 32.7 Å². The van der Waals surface area contributed by atoms with E-state index in [0.29, 0.717) is 18.7 Å². The number of hydrogen-bond donors (Lipinski definition) is 1. The van der Waals surface area contributed by atoms with E-state index in [1.54, 1.807) is 6.07 Å². The summed E-state index contributed by atoms with van der Waals surface area (Å²) in [5.74, 6) is -0.0707. The standard InChI is InChI=1S/C13H17Br2NO2/c1-2-7-18-8-3-6-16-13(17)11-9-10(14)4-5-12(11)15/h4-5,9H,2-3,6-8H2,1H3,(H,16,17). The van der Waals surface area contributed by atoms with Gasteiger partial charge in [0, 0.05) is 28.7 Å². The van der Waals surface area contributed by atoms with Crippen LogP contribution in [0.3, 0.4) is 0 Å². The van der Waals surface area contributed by atoms with Crippen LogP contribution >= 0.6 is 31.9 Å². The molecule has 0 aliphatic heterocycles. The quantitative estimate of drug-likeness (QED) is 0.733. The Morgan fingerprint density at radius 2 is 2.11 bits per heavy atom. The molecule has 100 valence electrons. The number of hydrogen-bond acceptors (Lipinski definition) is 2. The van der Waals surface area contributed by atoms with Crippen LogP contribution in [0.15, 0.2) is 27.1 Å². The van der Waals surface area contributed by atoms with Crippen LogP contribution in [0.1, 0.15) is 30.1 Å². The van der Waals surface area contributed by atoms with Gasteiger partial charge in [-0.2, -0.15) is 0 Å². The summed E-state index contributed by atoms with van der Waals surface area (Å²) in [5.41, 5.74) is 0.638. The molecule has 0 radical (unpaired) electrons. The van der Waals surface area contributed by atoms with Crippen LogP contribution in [-0.4, -0.2) is 25.7 Å². The van der Waals surface area contributed by atoms with E-state index in [1.165, 1.54) is 0 Å². The van der Waals surface area contributed by atoms with Gasteiger partial charge in [-0.05, 0) is 47.0 Å². The van der Waals surface area contributed by atoms with Gasteiger partial charge in [0.25, 0.3) is 5.91 Å². The van der Waals surface area contributed by atoms with Crippen LogP contribution in [0.5, 0.6) is 0 Å². The Bertz CT molecular complexity index is 397. The number of rotatable bonds is 7. The second-order valence-electron chi connectivity index (χ2n) is 3.85. The van der Waals surface area contributed by atoms with Gasteiger partial charge in [0.15, 0.2) is 0 Å². The van der Waals surface area contributed by atoms with Crippen molar-refractivity contribution in [2.75, 3.05) is 19.8 Å². The molecule has 0 unspecified atom stereocenters. The molecule has 0 heterocycles. The molecule has 18 heavy (non-hydrogen) atoms. The van der Waals surface area contributed by atoms with Crippen molar-refractivity contribution >= 4 is 37.8 Å². The van der Waals surface area contributed by atoms with Crippen molar-refractivity contribution in [1.29, 1.82) is 0 Å². The molecular weight excluding hydrogens is 362 g/mol. The lowest BCUT2D eigenvalue weighted by Crippen LogP contribution is -2.25. The number of halogens is 2. The second kappa shape index (κ2) is 8.67. The van der Waals surface area contributed by atoms with E-state index in [4.69, 9.17) is 4.74 Å². The van der Waals surface area contributed by atoms with Crippen molar-refractivity contribution in [1.82, 2.24) is 5.32 Å². The minimum atomic E-state index is -0.0707. The largest absolute Gasteiger partial charge is 0.381 e. The average molecular weight is 379 g/mol. The third-order valence-corrected chi connectivity index (χ3v) is 3.46. The monoisotopic (exact) mass is 377 g/mol. The molecule has 0 bridgehead atoms. The molecule has 0 aromatic heterocycles. The highest BCUT2D eigenvalue weighted by atomic mass is 79.9. The normalized spacial score (nSPS) is 10.4. The van der Waals surface area contributed by atoms with Crippen molar-refractivity contribution in [3.8, 4) is 0 Å². The van der Waals surface area contributed by atoms with E-state index in [1.807, 2.05) is 12.1 Å². The first kappa shape index (κ1) is 15.7. The highest BCUT2D eigenvalue weighted by Crippen LogP contribution is 2.21. The molecule has 0 saturated carbocycles. The molecule has 0 saturated heterocycles. The molecule has 1 amide bonds. The Hall–Kier alpha value is -0.390. The fraction of sp³-hybridized carbons (Fsp3) is 0.462. The summed E-state index contributed by atoms with van der Waals surface area (Å²) in [5, 5.41) is 2.87. The third kappa shape index (κ3) is 5.50. The highest BCUT2D eigenvalue weighted by molar-refractivity contribution is 9.11. The van der Waals surface area contributed by atoms with E-state index in [-0.39, 0.29) is 5.91 Å². The van der Waals surface area contributed by atoms with Gasteiger partial charge in [-0.1, -0.05) is 22.9 Å². The maximum atomic E-state index is 11.9. The smallest absolute Gasteiger partial charge is 0.252 e. The Morgan fingerprint density at radius 1 is 1.33 bits per heavy atom. The summed E-state index contributed by atoms with van der Waals surface area (Å²) < 4.78 is 7.03. The third-order valence-electron chi connectivity index (χ3n) is 2.27. The molecule has 0 spiro atoms. The SMILES string of the molecule is CCCOCCCNC(=O)c1cc(Br)ccc1Br. The van der Waals surface area contributed by atoms with Gasteiger partial charge in [0.1, 0.15) is 0 Å². The molecular formula is C13H17Br2NO2. The van der Waals surface area contributed by atoms with Crippen LogP contribution in [0, 0.1) is 0 Å².